The predicted octanol–water partition coefficient (Wildman–Crippen LogP) is 8.33. The third kappa shape index (κ3) is 7.52. The molecule has 0 amide bonds. The minimum atomic E-state index is -0.318. The van der Waals surface area contributed by atoms with Gasteiger partial charge in [0.2, 0.25) is 0 Å². The summed E-state index contributed by atoms with van der Waals surface area (Å²) in [5.74, 6) is 0.263. The van der Waals surface area contributed by atoms with Gasteiger partial charge in [-0.25, -0.2) is 4.79 Å². The maximum Gasteiger partial charge on any atom is 0.343 e. The molecule has 0 heterocycles. The summed E-state index contributed by atoms with van der Waals surface area (Å²) in [6.45, 7) is 22.6. The first-order valence-electron chi connectivity index (χ1n) is 11.4. The second kappa shape index (κ2) is 8.81. The molecular weight excluding hydrogens is 380 g/mol. The number of benzene rings is 2. The molecule has 0 fully saturated rings. The first kappa shape index (κ1) is 25.2. The predicted molar refractivity (Wildman–Crippen MR) is 132 cm³/mol. The Morgan fingerprint density at radius 1 is 0.613 bits per heavy atom. The minimum Gasteiger partial charge on any atom is -0.423 e. The summed E-state index contributed by atoms with van der Waals surface area (Å²) in [6.07, 6.45) is 2.15. The average molecular weight is 423 g/mol. The van der Waals surface area contributed by atoms with Crippen molar-refractivity contribution in [3.8, 4) is 5.75 Å². The number of hydrogen-bond acceptors (Lipinski definition) is 2. The Kier molecular flexibility index (Phi) is 7.15. The zero-order chi connectivity index (χ0) is 23.7. The van der Waals surface area contributed by atoms with Crippen molar-refractivity contribution < 1.29 is 9.53 Å². The van der Waals surface area contributed by atoms with Crippen LogP contribution in [0.15, 0.2) is 48.5 Å². The zero-order valence-electron chi connectivity index (χ0n) is 21.3. The highest BCUT2D eigenvalue weighted by Crippen LogP contribution is 2.37. The third-order valence-electron chi connectivity index (χ3n) is 5.69. The number of ether oxygens (including phenoxy) is 1. The second-order valence-electron chi connectivity index (χ2n) is 12.7. The molecule has 0 spiro atoms. The van der Waals surface area contributed by atoms with E-state index in [2.05, 4.69) is 93.5 Å². The van der Waals surface area contributed by atoms with Crippen LogP contribution in [0.1, 0.15) is 104 Å². The van der Waals surface area contributed by atoms with Crippen molar-refractivity contribution >= 4 is 5.97 Å². The van der Waals surface area contributed by atoms with Gasteiger partial charge in [0.1, 0.15) is 5.75 Å². The van der Waals surface area contributed by atoms with Crippen LogP contribution in [0.4, 0.5) is 0 Å². The molecule has 2 aromatic rings. The molecule has 0 saturated carbocycles. The summed E-state index contributed by atoms with van der Waals surface area (Å²) >= 11 is 0. The fourth-order valence-corrected chi connectivity index (χ4v) is 5.05. The molecule has 0 unspecified atom stereocenters. The van der Waals surface area contributed by atoms with E-state index in [0.29, 0.717) is 11.3 Å². The van der Waals surface area contributed by atoms with E-state index < -0.39 is 0 Å². The summed E-state index contributed by atoms with van der Waals surface area (Å²) < 4.78 is 5.64. The molecule has 2 rings (SSSR count). The van der Waals surface area contributed by atoms with Gasteiger partial charge in [0.25, 0.3) is 0 Å². The fourth-order valence-electron chi connectivity index (χ4n) is 5.05. The lowest BCUT2D eigenvalue weighted by Crippen LogP contribution is -2.25. The maximum atomic E-state index is 12.7. The third-order valence-corrected chi connectivity index (χ3v) is 5.69. The fraction of sp³-hybridized carbons (Fsp3) is 0.552. The van der Waals surface area contributed by atoms with Crippen molar-refractivity contribution in [2.75, 3.05) is 0 Å². The number of rotatable bonds is 6. The van der Waals surface area contributed by atoms with E-state index in [1.165, 1.54) is 11.1 Å². The quantitative estimate of drug-likeness (QED) is 0.345. The number of hydrogen-bond donors (Lipinski definition) is 0. The normalized spacial score (nSPS) is 13.2. The van der Waals surface area contributed by atoms with Crippen LogP contribution in [0.3, 0.4) is 0 Å². The van der Waals surface area contributed by atoms with Crippen LogP contribution in [-0.2, 0) is 10.8 Å². The van der Waals surface area contributed by atoms with Crippen LogP contribution in [0.5, 0.6) is 5.75 Å². The Morgan fingerprint density at radius 2 is 0.968 bits per heavy atom. The number of carbonyl (C=O) groups excluding carboxylic acids is 1. The van der Waals surface area contributed by atoms with Gasteiger partial charge in [-0.1, -0.05) is 93.5 Å². The topological polar surface area (TPSA) is 26.3 Å². The molecule has 2 aromatic carbocycles. The van der Waals surface area contributed by atoms with E-state index in [1.807, 2.05) is 24.3 Å². The van der Waals surface area contributed by atoms with Crippen LogP contribution >= 0.6 is 0 Å². The van der Waals surface area contributed by atoms with E-state index in [0.717, 1.165) is 12.8 Å². The number of esters is 1. The van der Waals surface area contributed by atoms with E-state index >= 15 is 0 Å². The van der Waals surface area contributed by atoms with Crippen molar-refractivity contribution in [3.63, 3.8) is 0 Å². The maximum absolute atomic E-state index is 12.7. The number of carbonyl (C=O) groups is 1. The lowest BCUT2D eigenvalue weighted by Gasteiger charge is -2.33. The first-order chi connectivity index (χ1) is 14.0. The Bertz CT molecular complexity index is 870. The molecule has 0 atom stereocenters. The van der Waals surface area contributed by atoms with E-state index in [1.54, 1.807) is 0 Å². The van der Waals surface area contributed by atoms with E-state index in [-0.39, 0.29) is 27.6 Å². The Labute approximate surface area is 190 Å². The average Bonchev–Trinajstić information content (AvgIpc) is 2.58. The SMILES string of the molecule is CC(C)(C)CC(C)(C)c1ccc(OC(=O)c2ccc(C(C)(C)CC(C)(C)C)cc2)cc1. The van der Waals surface area contributed by atoms with Crippen molar-refractivity contribution in [2.45, 2.75) is 92.9 Å². The summed E-state index contributed by atoms with van der Waals surface area (Å²) in [6, 6.07) is 15.8. The van der Waals surface area contributed by atoms with Gasteiger partial charge in [-0.15, -0.1) is 0 Å². The van der Waals surface area contributed by atoms with Gasteiger partial charge in [0.15, 0.2) is 0 Å². The lowest BCUT2D eigenvalue weighted by atomic mass is 9.72. The summed E-state index contributed by atoms with van der Waals surface area (Å²) in [7, 11) is 0. The smallest absolute Gasteiger partial charge is 0.343 e. The van der Waals surface area contributed by atoms with Crippen LogP contribution < -0.4 is 4.74 Å². The molecule has 170 valence electrons. The Hall–Kier alpha value is -2.09. The molecule has 0 radical (unpaired) electrons. The van der Waals surface area contributed by atoms with Crippen LogP contribution in [0.2, 0.25) is 0 Å². The van der Waals surface area contributed by atoms with Crippen molar-refractivity contribution in [1.29, 1.82) is 0 Å². The molecule has 0 bridgehead atoms. The monoisotopic (exact) mass is 422 g/mol. The standard InChI is InChI=1S/C29H42O2/c1-26(2,3)19-28(7,8)22-13-11-21(12-14-22)25(30)31-24-17-15-23(16-18-24)29(9,10)20-27(4,5)6/h11-18H,19-20H2,1-10H3. The highest BCUT2D eigenvalue weighted by atomic mass is 16.5. The zero-order valence-corrected chi connectivity index (χ0v) is 21.3. The molecular formula is C29H42O2. The van der Waals surface area contributed by atoms with E-state index in [9.17, 15) is 4.79 Å². The Balaban J connectivity index is 2.08. The lowest BCUT2D eigenvalue weighted by molar-refractivity contribution is 0.0734. The molecule has 2 heteroatoms. The first-order valence-corrected chi connectivity index (χ1v) is 11.4. The molecule has 0 aromatic heterocycles. The molecule has 0 aliphatic heterocycles. The molecule has 0 aliphatic rings. The molecule has 31 heavy (non-hydrogen) atoms. The van der Waals surface area contributed by atoms with Gasteiger partial charge in [0.05, 0.1) is 5.56 Å². The van der Waals surface area contributed by atoms with Gasteiger partial charge < -0.3 is 4.74 Å². The summed E-state index contributed by atoms with van der Waals surface area (Å²) in [4.78, 5) is 12.7. The van der Waals surface area contributed by atoms with E-state index in [4.69, 9.17) is 4.74 Å². The summed E-state index contributed by atoms with van der Waals surface area (Å²) in [5, 5.41) is 0. The summed E-state index contributed by atoms with van der Waals surface area (Å²) in [5.41, 5.74) is 3.69. The molecule has 0 aliphatic carbocycles. The minimum absolute atomic E-state index is 0.0520. The van der Waals surface area contributed by atoms with Crippen LogP contribution in [0, 0.1) is 10.8 Å². The van der Waals surface area contributed by atoms with Crippen molar-refractivity contribution in [3.05, 3.63) is 65.2 Å². The highest BCUT2D eigenvalue weighted by Gasteiger charge is 2.28. The van der Waals surface area contributed by atoms with Crippen molar-refractivity contribution in [2.24, 2.45) is 10.8 Å². The highest BCUT2D eigenvalue weighted by molar-refractivity contribution is 5.91. The molecule has 2 nitrogen and oxygen atoms in total. The largest absolute Gasteiger partial charge is 0.423 e. The van der Waals surface area contributed by atoms with Crippen LogP contribution in [-0.4, -0.2) is 5.97 Å². The van der Waals surface area contributed by atoms with Gasteiger partial charge >= 0.3 is 5.97 Å². The van der Waals surface area contributed by atoms with Gasteiger partial charge in [-0.3, -0.25) is 0 Å². The van der Waals surface area contributed by atoms with Gasteiger partial charge in [-0.05, 0) is 69.9 Å². The Morgan fingerprint density at radius 3 is 1.32 bits per heavy atom. The van der Waals surface area contributed by atoms with Gasteiger partial charge in [-0.2, -0.15) is 0 Å². The molecule has 0 N–H and O–H groups in total. The van der Waals surface area contributed by atoms with Crippen LogP contribution in [0.25, 0.3) is 0 Å². The molecule has 0 saturated heterocycles. The van der Waals surface area contributed by atoms with Crippen molar-refractivity contribution in [1.82, 2.24) is 0 Å². The van der Waals surface area contributed by atoms with Gasteiger partial charge in [0, 0.05) is 0 Å². The second-order valence-corrected chi connectivity index (χ2v) is 12.7.